The van der Waals surface area contributed by atoms with E-state index in [2.05, 4.69) is 15.3 Å². The van der Waals surface area contributed by atoms with E-state index in [9.17, 15) is 0 Å². The molecule has 0 aromatic carbocycles. The highest BCUT2D eigenvalue weighted by Gasteiger charge is 2.06. The minimum atomic E-state index is 0.883. The van der Waals surface area contributed by atoms with Crippen LogP contribution < -0.4 is 5.32 Å². The minimum absolute atomic E-state index is 0.883. The standard InChI is InChI=1S/C9H11N3S/c1-7-3-2-4-8(11-7)12-9-10-5-6-13-9/h2-4H,5-6H2,1H3,(H,10,11,12). The van der Waals surface area contributed by atoms with Gasteiger partial charge < -0.3 is 5.32 Å². The lowest BCUT2D eigenvalue weighted by Crippen LogP contribution is -2.06. The van der Waals surface area contributed by atoms with Gasteiger partial charge in [-0.25, -0.2) is 4.98 Å². The third-order valence-corrected chi connectivity index (χ3v) is 2.60. The Labute approximate surface area is 81.7 Å². The van der Waals surface area contributed by atoms with E-state index in [1.165, 1.54) is 0 Å². The van der Waals surface area contributed by atoms with E-state index in [1.807, 2.05) is 25.1 Å². The number of hydrogen-bond acceptors (Lipinski definition) is 4. The summed E-state index contributed by atoms with van der Waals surface area (Å²) in [5, 5.41) is 4.17. The summed E-state index contributed by atoms with van der Waals surface area (Å²) in [4.78, 5) is 8.62. The molecule has 2 heterocycles. The first-order valence-electron chi connectivity index (χ1n) is 4.22. The average Bonchev–Trinajstić information content (AvgIpc) is 2.57. The molecule has 1 aromatic heterocycles. The largest absolute Gasteiger partial charge is 0.320 e. The van der Waals surface area contributed by atoms with Gasteiger partial charge in [0.15, 0.2) is 5.17 Å². The molecule has 1 aromatic rings. The number of thioether (sulfide) groups is 1. The van der Waals surface area contributed by atoms with Crippen LogP contribution in [-0.4, -0.2) is 22.4 Å². The van der Waals surface area contributed by atoms with Crippen LogP contribution in [0.15, 0.2) is 23.2 Å². The van der Waals surface area contributed by atoms with E-state index in [4.69, 9.17) is 0 Å². The maximum Gasteiger partial charge on any atom is 0.162 e. The molecule has 1 N–H and O–H groups in total. The van der Waals surface area contributed by atoms with Crippen molar-refractivity contribution in [3.8, 4) is 0 Å². The number of nitrogens with zero attached hydrogens (tertiary/aromatic N) is 2. The molecule has 0 saturated heterocycles. The Morgan fingerprint density at radius 1 is 1.46 bits per heavy atom. The molecule has 1 aliphatic rings. The fourth-order valence-corrected chi connectivity index (χ4v) is 1.87. The van der Waals surface area contributed by atoms with Gasteiger partial charge in [-0.05, 0) is 19.1 Å². The summed E-state index contributed by atoms with van der Waals surface area (Å²) in [6, 6.07) is 5.92. The molecule has 2 rings (SSSR count). The normalized spacial score (nSPS) is 15.6. The zero-order chi connectivity index (χ0) is 9.10. The molecule has 1 aliphatic heterocycles. The topological polar surface area (TPSA) is 37.3 Å². The molecule has 0 unspecified atom stereocenters. The van der Waals surface area contributed by atoms with Gasteiger partial charge in [0, 0.05) is 11.4 Å². The summed E-state index contributed by atoms with van der Waals surface area (Å²) in [6.45, 7) is 2.90. The van der Waals surface area contributed by atoms with Gasteiger partial charge in [-0.3, -0.25) is 4.99 Å². The molecule has 0 saturated carbocycles. The van der Waals surface area contributed by atoms with Gasteiger partial charge in [0.2, 0.25) is 0 Å². The van der Waals surface area contributed by atoms with Crippen molar-refractivity contribution in [2.24, 2.45) is 4.99 Å². The quantitative estimate of drug-likeness (QED) is 0.740. The number of anilines is 1. The van der Waals surface area contributed by atoms with Gasteiger partial charge >= 0.3 is 0 Å². The lowest BCUT2D eigenvalue weighted by molar-refractivity contribution is 1.17. The molecule has 0 spiro atoms. The van der Waals surface area contributed by atoms with Gasteiger partial charge in [-0.15, -0.1) is 0 Å². The van der Waals surface area contributed by atoms with Crippen LogP contribution in [0.2, 0.25) is 0 Å². The Kier molecular flexibility index (Phi) is 2.49. The lowest BCUT2D eigenvalue weighted by Gasteiger charge is -2.03. The second kappa shape index (κ2) is 3.79. The van der Waals surface area contributed by atoms with Crippen molar-refractivity contribution in [3.05, 3.63) is 23.9 Å². The van der Waals surface area contributed by atoms with Gasteiger partial charge in [-0.1, -0.05) is 17.8 Å². The molecule has 3 nitrogen and oxygen atoms in total. The zero-order valence-corrected chi connectivity index (χ0v) is 8.27. The van der Waals surface area contributed by atoms with E-state index < -0.39 is 0 Å². The molecule has 0 bridgehead atoms. The highest BCUT2D eigenvalue weighted by atomic mass is 32.2. The van der Waals surface area contributed by atoms with Crippen molar-refractivity contribution in [1.82, 2.24) is 4.98 Å². The van der Waals surface area contributed by atoms with Crippen LogP contribution in [0.25, 0.3) is 0 Å². The second-order valence-corrected chi connectivity index (χ2v) is 3.91. The van der Waals surface area contributed by atoms with Crippen LogP contribution in [0, 0.1) is 6.92 Å². The van der Waals surface area contributed by atoms with Gasteiger partial charge in [0.05, 0.1) is 6.54 Å². The van der Waals surface area contributed by atoms with Crippen molar-refractivity contribution in [2.45, 2.75) is 6.92 Å². The van der Waals surface area contributed by atoms with Crippen molar-refractivity contribution < 1.29 is 0 Å². The van der Waals surface area contributed by atoms with E-state index in [1.54, 1.807) is 11.8 Å². The molecular formula is C9H11N3S. The highest BCUT2D eigenvalue weighted by Crippen LogP contribution is 2.14. The van der Waals surface area contributed by atoms with Crippen molar-refractivity contribution >= 4 is 22.7 Å². The smallest absolute Gasteiger partial charge is 0.162 e. The summed E-state index contributed by atoms with van der Waals surface area (Å²) < 4.78 is 0. The minimum Gasteiger partial charge on any atom is -0.320 e. The summed E-state index contributed by atoms with van der Waals surface area (Å²) in [7, 11) is 0. The van der Waals surface area contributed by atoms with E-state index in [0.717, 1.165) is 29.0 Å². The van der Waals surface area contributed by atoms with E-state index in [0.29, 0.717) is 0 Å². The third kappa shape index (κ3) is 2.21. The van der Waals surface area contributed by atoms with Crippen LogP contribution >= 0.6 is 11.8 Å². The Bertz CT molecular complexity index is 335. The maximum absolute atomic E-state index is 4.33. The lowest BCUT2D eigenvalue weighted by atomic mass is 10.4. The molecule has 68 valence electrons. The summed E-state index contributed by atoms with van der Waals surface area (Å²) in [5.41, 5.74) is 1.02. The number of aliphatic imine (C=N–C) groups is 1. The number of aryl methyl sites for hydroxylation is 1. The number of pyridine rings is 1. The number of aromatic nitrogens is 1. The molecule has 0 atom stereocenters. The SMILES string of the molecule is Cc1cccc(NC2=NCCS2)n1. The molecular weight excluding hydrogens is 182 g/mol. The first-order chi connectivity index (χ1) is 6.34. The van der Waals surface area contributed by atoms with Crippen molar-refractivity contribution in [1.29, 1.82) is 0 Å². The molecule has 0 radical (unpaired) electrons. The van der Waals surface area contributed by atoms with Gasteiger partial charge in [-0.2, -0.15) is 0 Å². The highest BCUT2D eigenvalue weighted by molar-refractivity contribution is 8.14. The predicted octanol–water partition coefficient (Wildman–Crippen LogP) is 1.90. The Balaban J connectivity index is 2.09. The Morgan fingerprint density at radius 3 is 3.08 bits per heavy atom. The van der Waals surface area contributed by atoms with E-state index >= 15 is 0 Å². The third-order valence-electron chi connectivity index (χ3n) is 1.71. The number of rotatable bonds is 1. The molecule has 0 amide bonds. The first kappa shape index (κ1) is 8.56. The molecule has 13 heavy (non-hydrogen) atoms. The number of amidine groups is 1. The summed E-state index contributed by atoms with van der Waals surface area (Å²) in [6.07, 6.45) is 0. The Hall–Kier alpha value is -1.03. The van der Waals surface area contributed by atoms with Crippen molar-refractivity contribution in [2.75, 3.05) is 17.6 Å². The van der Waals surface area contributed by atoms with Crippen LogP contribution in [-0.2, 0) is 0 Å². The zero-order valence-electron chi connectivity index (χ0n) is 7.45. The predicted molar refractivity (Wildman–Crippen MR) is 57.4 cm³/mol. The molecule has 0 fully saturated rings. The summed E-state index contributed by atoms with van der Waals surface area (Å²) >= 11 is 1.74. The van der Waals surface area contributed by atoms with Crippen LogP contribution in [0.1, 0.15) is 5.69 Å². The van der Waals surface area contributed by atoms with E-state index in [-0.39, 0.29) is 0 Å². The Morgan fingerprint density at radius 2 is 2.38 bits per heavy atom. The van der Waals surface area contributed by atoms with Gasteiger partial charge in [0.25, 0.3) is 0 Å². The first-order valence-corrected chi connectivity index (χ1v) is 5.21. The number of hydrogen-bond donors (Lipinski definition) is 1. The maximum atomic E-state index is 4.33. The fraction of sp³-hybridized carbons (Fsp3) is 0.333. The average molecular weight is 193 g/mol. The van der Waals surface area contributed by atoms with Crippen molar-refractivity contribution in [3.63, 3.8) is 0 Å². The fourth-order valence-electron chi connectivity index (χ4n) is 1.13. The number of nitrogens with one attached hydrogen (secondary N) is 1. The van der Waals surface area contributed by atoms with Crippen LogP contribution in [0.5, 0.6) is 0 Å². The van der Waals surface area contributed by atoms with Crippen LogP contribution in [0.4, 0.5) is 5.82 Å². The molecule has 0 aliphatic carbocycles. The van der Waals surface area contributed by atoms with Crippen LogP contribution in [0.3, 0.4) is 0 Å². The monoisotopic (exact) mass is 193 g/mol. The molecule has 4 heteroatoms. The second-order valence-electron chi connectivity index (χ2n) is 2.82. The van der Waals surface area contributed by atoms with Gasteiger partial charge in [0.1, 0.15) is 5.82 Å². The summed E-state index contributed by atoms with van der Waals surface area (Å²) in [5.74, 6) is 1.96.